The zero-order chi connectivity index (χ0) is 17.0. The molecule has 0 aliphatic carbocycles. The fraction of sp³-hybridized carbons (Fsp3) is 0.333. The fourth-order valence-electron chi connectivity index (χ4n) is 2.14. The maximum absolute atomic E-state index is 12.1. The second kappa shape index (κ2) is 7.30. The molecule has 0 spiro atoms. The van der Waals surface area contributed by atoms with E-state index in [2.05, 4.69) is 15.3 Å². The lowest BCUT2D eigenvalue weighted by Crippen LogP contribution is -2.45. The van der Waals surface area contributed by atoms with Crippen LogP contribution in [0.1, 0.15) is 27.2 Å². The molecule has 7 nitrogen and oxygen atoms in total. The van der Waals surface area contributed by atoms with Crippen LogP contribution in [0.25, 0.3) is 0 Å². The van der Waals surface area contributed by atoms with E-state index in [1.807, 2.05) is 13.8 Å². The highest BCUT2D eigenvalue weighted by molar-refractivity contribution is 7.11. The van der Waals surface area contributed by atoms with Gasteiger partial charge in [0.05, 0.1) is 17.1 Å². The van der Waals surface area contributed by atoms with Gasteiger partial charge in [0, 0.05) is 17.3 Å². The summed E-state index contributed by atoms with van der Waals surface area (Å²) < 4.78 is 0. The summed E-state index contributed by atoms with van der Waals surface area (Å²) in [5.41, 5.74) is 0.987. The lowest BCUT2D eigenvalue weighted by atomic mass is 10.0. The van der Waals surface area contributed by atoms with Gasteiger partial charge in [-0.3, -0.25) is 9.78 Å². The predicted molar refractivity (Wildman–Crippen MR) is 84.1 cm³/mol. The minimum Gasteiger partial charge on any atom is -0.480 e. The lowest BCUT2D eigenvalue weighted by Gasteiger charge is -2.20. The molecule has 0 aliphatic rings. The molecule has 122 valence electrons. The minimum absolute atomic E-state index is 0.0248. The molecule has 3 N–H and O–H groups in total. The SMILES string of the molecule is Cc1nc(CC(=O)NC(C(=O)O)C(O)c2ccncc2)c(C)s1. The molecule has 2 unspecified atom stereocenters. The highest BCUT2D eigenvalue weighted by Crippen LogP contribution is 2.18. The molecule has 0 fully saturated rings. The molecule has 8 heteroatoms. The smallest absolute Gasteiger partial charge is 0.329 e. The molecule has 0 saturated carbocycles. The van der Waals surface area contributed by atoms with Crippen LogP contribution in [0, 0.1) is 13.8 Å². The first-order valence-corrected chi connectivity index (χ1v) is 7.73. The normalized spacial score (nSPS) is 13.3. The van der Waals surface area contributed by atoms with E-state index < -0.39 is 24.0 Å². The molecule has 0 aliphatic heterocycles. The van der Waals surface area contributed by atoms with E-state index in [-0.39, 0.29) is 6.42 Å². The lowest BCUT2D eigenvalue weighted by molar-refractivity contribution is -0.145. The highest BCUT2D eigenvalue weighted by Gasteiger charge is 2.29. The molecular formula is C15H17N3O4S. The van der Waals surface area contributed by atoms with Gasteiger partial charge in [-0.05, 0) is 31.5 Å². The molecule has 2 rings (SSSR count). The van der Waals surface area contributed by atoms with Crippen LogP contribution in [0.2, 0.25) is 0 Å². The highest BCUT2D eigenvalue weighted by atomic mass is 32.1. The van der Waals surface area contributed by atoms with Crippen LogP contribution in [-0.2, 0) is 16.0 Å². The molecule has 0 saturated heterocycles. The van der Waals surface area contributed by atoms with E-state index >= 15 is 0 Å². The summed E-state index contributed by atoms with van der Waals surface area (Å²) in [6.45, 7) is 3.69. The minimum atomic E-state index is -1.44. The number of amides is 1. The van der Waals surface area contributed by atoms with Crippen molar-refractivity contribution in [2.24, 2.45) is 0 Å². The van der Waals surface area contributed by atoms with Gasteiger partial charge in [-0.25, -0.2) is 9.78 Å². The Morgan fingerprint density at radius 2 is 1.96 bits per heavy atom. The van der Waals surface area contributed by atoms with Gasteiger partial charge in [-0.1, -0.05) is 0 Å². The maximum Gasteiger partial charge on any atom is 0.329 e. The number of pyridine rings is 1. The van der Waals surface area contributed by atoms with Gasteiger partial charge < -0.3 is 15.5 Å². The molecule has 1 amide bonds. The predicted octanol–water partition coefficient (Wildman–Crippen LogP) is 1.00. The summed E-state index contributed by atoms with van der Waals surface area (Å²) in [7, 11) is 0. The molecule has 0 bridgehead atoms. The van der Waals surface area contributed by atoms with Crippen molar-refractivity contribution in [3.05, 3.63) is 45.7 Å². The topological polar surface area (TPSA) is 112 Å². The zero-order valence-electron chi connectivity index (χ0n) is 12.7. The second-order valence-electron chi connectivity index (χ2n) is 5.02. The Bertz CT molecular complexity index is 702. The molecule has 23 heavy (non-hydrogen) atoms. The number of rotatable bonds is 6. The van der Waals surface area contributed by atoms with Crippen molar-refractivity contribution in [3.8, 4) is 0 Å². The monoisotopic (exact) mass is 335 g/mol. The average molecular weight is 335 g/mol. The summed E-state index contributed by atoms with van der Waals surface area (Å²) in [5, 5.41) is 22.7. The number of nitrogens with zero attached hydrogens (tertiary/aromatic N) is 2. The van der Waals surface area contributed by atoms with Crippen LogP contribution in [0.5, 0.6) is 0 Å². The first kappa shape index (κ1) is 17.0. The Kier molecular flexibility index (Phi) is 5.41. The number of carboxylic acids is 1. The average Bonchev–Trinajstić information content (AvgIpc) is 2.82. The van der Waals surface area contributed by atoms with Crippen molar-refractivity contribution < 1.29 is 19.8 Å². The Labute approximate surface area is 137 Å². The van der Waals surface area contributed by atoms with Gasteiger partial charge in [0.2, 0.25) is 5.91 Å². The Morgan fingerprint density at radius 3 is 2.48 bits per heavy atom. The van der Waals surface area contributed by atoms with Crippen LogP contribution in [0.4, 0.5) is 0 Å². The van der Waals surface area contributed by atoms with Crippen molar-refractivity contribution >= 4 is 23.2 Å². The second-order valence-corrected chi connectivity index (χ2v) is 6.43. The van der Waals surface area contributed by atoms with E-state index in [0.717, 1.165) is 9.88 Å². The third-order valence-corrected chi connectivity index (χ3v) is 4.20. The number of carboxylic acid groups (broad SMARTS) is 1. The summed E-state index contributed by atoms with van der Waals surface area (Å²) >= 11 is 1.48. The number of carbonyl (C=O) groups is 2. The first-order valence-electron chi connectivity index (χ1n) is 6.91. The van der Waals surface area contributed by atoms with Gasteiger partial charge in [-0.15, -0.1) is 11.3 Å². The first-order chi connectivity index (χ1) is 10.9. The largest absolute Gasteiger partial charge is 0.480 e. The van der Waals surface area contributed by atoms with Crippen molar-refractivity contribution in [3.63, 3.8) is 0 Å². The number of nitrogens with one attached hydrogen (secondary N) is 1. The number of aliphatic carboxylic acids is 1. The van der Waals surface area contributed by atoms with Crippen molar-refractivity contribution in [1.29, 1.82) is 0 Å². The molecule has 2 atom stereocenters. The van der Waals surface area contributed by atoms with Crippen molar-refractivity contribution in [2.45, 2.75) is 32.4 Å². The number of aliphatic hydroxyl groups excluding tert-OH is 1. The van der Waals surface area contributed by atoms with Gasteiger partial charge in [0.1, 0.15) is 6.10 Å². The van der Waals surface area contributed by atoms with Crippen LogP contribution in [0.15, 0.2) is 24.5 Å². The van der Waals surface area contributed by atoms with Crippen LogP contribution >= 0.6 is 11.3 Å². The third kappa shape index (κ3) is 4.33. The summed E-state index contributed by atoms with van der Waals surface area (Å²) in [6.07, 6.45) is 1.50. The number of hydrogen-bond donors (Lipinski definition) is 3. The van der Waals surface area contributed by atoms with Gasteiger partial charge in [0.25, 0.3) is 0 Å². The number of hydrogen-bond acceptors (Lipinski definition) is 6. The van der Waals surface area contributed by atoms with Crippen molar-refractivity contribution in [2.75, 3.05) is 0 Å². The van der Waals surface area contributed by atoms with E-state index in [1.165, 1.54) is 35.9 Å². The Morgan fingerprint density at radius 1 is 1.30 bits per heavy atom. The van der Waals surface area contributed by atoms with E-state index in [0.29, 0.717) is 11.3 Å². The van der Waals surface area contributed by atoms with Gasteiger partial charge in [0.15, 0.2) is 6.04 Å². The standard InChI is InChI=1S/C15H17N3O4S/c1-8-11(17-9(2)23-8)7-12(19)18-13(15(21)22)14(20)10-3-5-16-6-4-10/h3-6,13-14,20H,7H2,1-2H3,(H,18,19)(H,21,22). The number of aliphatic hydroxyl groups is 1. The molecular weight excluding hydrogens is 318 g/mol. The van der Waals surface area contributed by atoms with E-state index in [9.17, 15) is 19.8 Å². The molecule has 0 aromatic carbocycles. The van der Waals surface area contributed by atoms with E-state index in [4.69, 9.17) is 0 Å². The maximum atomic E-state index is 12.1. The van der Waals surface area contributed by atoms with Crippen LogP contribution < -0.4 is 5.32 Å². The molecule has 2 heterocycles. The van der Waals surface area contributed by atoms with Crippen LogP contribution in [-0.4, -0.2) is 38.1 Å². The number of carbonyl (C=O) groups excluding carboxylic acids is 1. The van der Waals surface area contributed by atoms with Gasteiger partial charge >= 0.3 is 5.97 Å². The summed E-state index contributed by atoms with van der Waals surface area (Å²) in [6, 6.07) is 1.56. The number of aryl methyl sites for hydroxylation is 2. The molecule has 2 aromatic heterocycles. The third-order valence-electron chi connectivity index (χ3n) is 3.27. The Balaban J connectivity index is 2.09. The number of thiazole rings is 1. The summed E-state index contributed by atoms with van der Waals surface area (Å²) in [5.74, 6) is -1.81. The number of aromatic nitrogens is 2. The fourth-order valence-corrected chi connectivity index (χ4v) is 2.98. The van der Waals surface area contributed by atoms with Crippen molar-refractivity contribution in [1.82, 2.24) is 15.3 Å². The zero-order valence-corrected chi connectivity index (χ0v) is 13.5. The summed E-state index contributed by atoms with van der Waals surface area (Å²) in [4.78, 5) is 32.4. The molecule has 2 aromatic rings. The van der Waals surface area contributed by atoms with Gasteiger partial charge in [-0.2, -0.15) is 0 Å². The Hall–Kier alpha value is -2.32. The van der Waals surface area contributed by atoms with Crippen LogP contribution in [0.3, 0.4) is 0 Å². The quantitative estimate of drug-likeness (QED) is 0.726. The molecule has 0 radical (unpaired) electrons. The van der Waals surface area contributed by atoms with E-state index in [1.54, 1.807) is 0 Å².